The molecule has 4 heteroatoms. The monoisotopic (exact) mass is 428 g/mol. The molecule has 2 saturated heterocycles. The van der Waals surface area contributed by atoms with Gasteiger partial charge in [-0.2, -0.15) is 0 Å². The molecule has 2 heterocycles. The third-order valence-electron chi connectivity index (χ3n) is 11.6. The van der Waals surface area contributed by atoms with E-state index in [4.69, 9.17) is 9.47 Å². The highest BCUT2D eigenvalue weighted by Crippen LogP contribution is 2.70. The van der Waals surface area contributed by atoms with Crippen molar-refractivity contribution in [3.8, 4) is 0 Å². The van der Waals surface area contributed by atoms with Crippen LogP contribution < -0.4 is 0 Å². The van der Waals surface area contributed by atoms with Crippen LogP contribution in [-0.4, -0.2) is 30.1 Å². The second kappa shape index (κ2) is 6.65. The molecule has 0 aromatic rings. The summed E-state index contributed by atoms with van der Waals surface area (Å²) < 4.78 is 13.2. The Balaban J connectivity index is 1.31. The highest BCUT2D eigenvalue weighted by Gasteiger charge is 2.71. The van der Waals surface area contributed by atoms with Crippen molar-refractivity contribution < 1.29 is 19.1 Å². The number of Topliss-reactive ketones (excluding diaryl/α,β-unsaturated/α-hetero) is 2. The third-order valence-corrected chi connectivity index (χ3v) is 11.6. The molecule has 4 aliphatic carbocycles. The van der Waals surface area contributed by atoms with Crippen molar-refractivity contribution in [1.82, 2.24) is 0 Å². The zero-order valence-electron chi connectivity index (χ0n) is 19.8. The van der Waals surface area contributed by atoms with Crippen molar-refractivity contribution in [3.05, 3.63) is 0 Å². The lowest BCUT2D eigenvalue weighted by Gasteiger charge is -2.59. The second-order valence-corrected chi connectivity index (χ2v) is 12.8. The summed E-state index contributed by atoms with van der Waals surface area (Å²) in [6, 6.07) is 0. The molecule has 6 fully saturated rings. The van der Waals surface area contributed by atoms with Crippen LogP contribution in [0.25, 0.3) is 0 Å². The number of carbonyl (C=O) groups excluding carboxylic acids is 2. The van der Waals surface area contributed by atoms with Crippen molar-refractivity contribution in [3.63, 3.8) is 0 Å². The number of carbonyl (C=O) groups is 2. The molecule has 31 heavy (non-hydrogen) atoms. The first-order valence-electron chi connectivity index (χ1n) is 13.1. The van der Waals surface area contributed by atoms with E-state index in [1.165, 1.54) is 12.8 Å². The SMILES string of the molecule is C[C@@H]1CC[C@@]2(OC1)O[C@H]1C[C@H]3[C@@H]4CCC5CC(=O)CC[C@]5(C)[C@H]4CC(=O)[C@]3(C)[C@H]1[C@@H]2C. The van der Waals surface area contributed by atoms with E-state index >= 15 is 0 Å². The second-order valence-electron chi connectivity index (χ2n) is 12.8. The Morgan fingerprint density at radius 2 is 1.77 bits per heavy atom. The van der Waals surface area contributed by atoms with Crippen molar-refractivity contribution in [2.24, 2.45) is 52.3 Å². The summed E-state index contributed by atoms with van der Waals surface area (Å²) in [6.07, 6.45) is 8.86. The van der Waals surface area contributed by atoms with E-state index in [0.717, 1.165) is 51.6 Å². The minimum absolute atomic E-state index is 0.166. The predicted octanol–water partition coefficient (Wildman–Crippen LogP) is 5.18. The number of hydrogen-bond acceptors (Lipinski definition) is 4. The van der Waals surface area contributed by atoms with Crippen molar-refractivity contribution in [2.75, 3.05) is 6.61 Å². The van der Waals surface area contributed by atoms with E-state index in [9.17, 15) is 9.59 Å². The molecule has 6 rings (SSSR count). The lowest BCUT2D eigenvalue weighted by Crippen LogP contribution is -2.58. The lowest BCUT2D eigenvalue weighted by atomic mass is 9.44. The molecule has 0 aromatic carbocycles. The molecule has 11 atom stereocenters. The maximum atomic E-state index is 14.0. The number of ketones is 2. The van der Waals surface area contributed by atoms with E-state index in [-0.39, 0.29) is 28.8 Å². The van der Waals surface area contributed by atoms with Gasteiger partial charge in [0.05, 0.1) is 12.7 Å². The summed E-state index contributed by atoms with van der Waals surface area (Å²) in [6.45, 7) is 10.0. The molecular formula is C27H40O4. The molecule has 0 amide bonds. The molecule has 0 N–H and O–H groups in total. The van der Waals surface area contributed by atoms with E-state index < -0.39 is 5.79 Å². The van der Waals surface area contributed by atoms with Crippen LogP contribution in [0.5, 0.6) is 0 Å². The molecule has 0 aromatic heterocycles. The van der Waals surface area contributed by atoms with Crippen LogP contribution in [0.15, 0.2) is 0 Å². The largest absolute Gasteiger partial charge is 0.349 e. The van der Waals surface area contributed by atoms with Crippen LogP contribution in [0.2, 0.25) is 0 Å². The van der Waals surface area contributed by atoms with E-state index in [1.54, 1.807) is 0 Å². The average Bonchev–Trinajstić information content (AvgIpc) is 3.18. The van der Waals surface area contributed by atoms with Gasteiger partial charge in [0.25, 0.3) is 0 Å². The van der Waals surface area contributed by atoms with Gasteiger partial charge < -0.3 is 9.47 Å². The maximum Gasteiger partial charge on any atom is 0.171 e. The predicted molar refractivity (Wildman–Crippen MR) is 117 cm³/mol. The molecule has 4 nitrogen and oxygen atoms in total. The first kappa shape index (κ1) is 20.8. The number of rotatable bonds is 0. The molecule has 4 saturated carbocycles. The first-order chi connectivity index (χ1) is 14.7. The fourth-order valence-electron chi connectivity index (χ4n) is 9.74. The minimum atomic E-state index is -0.458. The molecule has 6 aliphatic rings. The zero-order chi connectivity index (χ0) is 21.8. The highest BCUT2D eigenvalue weighted by molar-refractivity contribution is 5.87. The summed E-state index contributed by atoms with van der Waals surface area (Å²) >= 11 is 0. The molecule has 172 valence electrons. The Kier molecular flexibility index (Phi) is 4.47. The first-order valence-corrected chi connectivity index (χ1v) is 13.1. The van der Waals surface area contributed by atoms with Crippen molar-refractivity contribution >= 4 is 11.6 Å². The Morgan fingerprint density at radius 1 is 0.968 bits per heavy atom. The van der Waals surface area contributed by atoms with Crippen LogP contribution in [0.4, 0.5) is 0 Å². The van der Waals surface area contributed by atoms with Gasteiger partial charge in [-0.25, -0.2) is 0 Å². The molecule has 0 radical (unpaired) electrons. The Labute approximate surface area is 187 Å². The van der Waals surface area contributed by atoms with Gasteiger partial charge in [-0.3, -0.25) is 9.59 Å². The minimum Gasteiger partial charge on any atom is -0.349 e. The molecule has 1 unspecified atom stereocenters. The quantitative estimate of drug-likeness (QED) is 0.533. The maximum absolute atomic E-state index is 14.0. The normalized spacial score (nSPS) is 58.6. The summed E-state index contributed by atoms with van der Waals surface area (Å²) in [5.41, 5.74) is -0.101. The van der Waals surface area contributed by atoms with Gasteiger partial charge in [-0.1, -0.05) is 27.7 Å². The molecule has 1 spiro atoms. The summed E-state index contributed by atoms with van der Waals surface area (Å²) in [4.78, 5) is 26.1. The number of hydrogen-bond donors (Lipinski definition) is 0. The van der Waals surface area contributed by atoms with Crippen LogP contribution >= 0.6 is 0 Å². The lowest BCUT2D eigenvalue weighted by molar-refractivity contribution is -0.272. The molecular weight excluding hydrogens is 388 g/mol. The summed E-state index contributed by atoms with van der Waals surface area (Å²) in [7, 11) is 0. The van der Waals surface area contributed by atoms with Gasteiger partial charge in [-0.05, 0) is 67.1 Å². The van der Waals surface area contributed by atoms with Gasteiger partial charge in [0, 0.05) is 42.9 Å². The molecule has 2 aliphatic heterocycles. The van der Waals surface area contributed by atoms with Gasteiger partial charge in [-0.15, -0.1) is 0 Å². The van der Waals surface area contributed by atoms with Gasteiger partial charge in [0.1, 0.15) is 11.6 Å². The summed E-state index contributed by atoms with van der Waals surface area (Å²) in [5, 5.41) is 0. The van der Waals surface area contributed by atoms with Crippen LogP contribution in [-0.2, 0) is 19.1 Å². The highest BCUT2D eigenvalue weighted by atomic mass is 16.7. The Bertz CT molecular complexity index is 797. The average molecular weight is 429 g/mol. The van der Waals surface area contributed by atoms with E-state index in [2.05, 4.69) is 27.7 Å². The summed E-state index contributed by atoms with van der Waals surface area (Å²) in [5.74, 6) is 3.63. The van der Waals surface area contributed by atoms with Crippen molar-refractivity contribution in [1.29, 1.82) is 0 Å². The fourth-order valence-corrected chi connectivity index (χ4v) is 9.74. The smallest absolute Gasteiger partial charge is 0.171 e. The Morgan fingerprint density at radius 3 is 2.52 bits per heavy atom. The third kappa shape index (κ3) is 2.61. The van der Waals surface area contributed by atoms with Crippen molar-refractivity contribution in [2.45, 2.75) is 97.4 Å². The Hall–Kier alpha value is -0.740. The zero-order valence-corrected chi connectivity index (χ0v) is 19.8. The molecule has 0 bridgehead atoms. The van der Waals surface area contributed by atoms with E-state index in [0.29, 0.717) is 41.2 Å². The topological polar surface area (TPSA) is 52.6 Å². The van der Waals surface area contributed by atoms with E-state index in [1.807, 2.05) is 0 Å². The number of fused-ring (bicyclic) bond motifs is 7. The van der Waals surface area contributed by atoms with Crippen LogP contribution in [0, 0.1) is 52.3 Å². The van der Waals surface area contributed by atoms with Crippen LogP contribution in [0.1, 0.15) is 85.5 Å². The van der Waals surface area contributed by atoms with Gasteiger partial charge in [0.2, 0.25) is 0 Å². The fraction of sp³-hybridized carbons (Fsp3) is 0.926. The van der Waals surface area contributed by atoms with Gasteiger partial charge in [0.15, 0.2) is 5.79 Å². The standard InChI is InChI=1S/C27H40O4/c1-15-7-10-27(30-14-15)16(2)24-22(31-27)12-21-19-6-5-17-11-18(28)8-9-25(17,3)20(19)13-23(29)26(21,24)4/h15-17,19-22,24H,5-14H2,1-4H3/t15-,16+,17?,19-,20+,21+,22+,24+,25+,26-,27-/m1/s1. The number of ether oxygens (including phenoxy) is 2. The van der Waals surface area contributed by atoms with Gasteiger partial charge >= 0.3 is 0 Å². The van der Waals surface area contributed by atoms with Crippen LogP contribution in [0.3, 0.4) is 0 Å².